The van der Waals surface area contributed by atoms with E-state index in [-0.39, 0.29) is 5.69 Å². The van der Waals surface area contributed by atoms with E-state index in [0.29, 0.717) is 11.3 Å². The number of aromatic nitrogens is 1. The first kappa shape index (κ1) is 10.5. The maximum Gasteiger partial charge on any atom is 0.443 e. The fraction of sp³-hybridized carbons (Fsp3) is 0.571. The molecular formula is C7H9F3N2S. The maximum atomic E-state index is 12.1. The molecule has 1 aromatic heterocycles. The fourth-order valence-electron chi connectivity index (χ4n) is 0.700. The highest BCUT2D eigenvalue weighted by Crippen LogP contribution is 2.33. The topological polar surface area (TPSA) is 38.9 Å². The van der Waals surface area contributed by atoms with Crippen LogP contribution < -0.4 is 5.73 Å². The Balaban J connectivity index is 3.01. The van der Waals surface area contributed by atoms with Gasteiger partial charge in [-0.1, -0.05) is 0 Å². The Hall–Kier alpha value is -0.620. The van der Waals surface area contributed by atoms with Gasteiger partial charge in [-0.25, -0.2) is 4.98 Å². The van der Waals surface area contributed by atoms with Crippen LogP contribution in [0.3, 0.4) is 0 Å². The Labute approximate surface area is 77.6 Å². The van der Waals surface area contributed by atoms with Gasteiger partial charge >= 0.3 is 6.18 Å². The second-order valence-corrected chi connectivity index (χ2v) is 4.12. The summed E-state index contributed by atoms with van der Waals surface area (Å²) in [4.78, 5) is 3.42. The van der Waals surface area contributed by atoms with Gasteiger partial charge in [0.05, 0.1) is 11.2 Å². The molecule has 2 nitrogen and oxygen atoms in total. The number of nitrogens with zero attached hydrogens (tertiary/aromatic N) is 1. The second-order valence-electron chi connectivity index (χ2n) is 3.26. The van der Waals surface area contributed by atoms with E-state index in [0.717, 1.165) is 0 Å². The van der Waals surface area contributed by atoms with Crippen molar-refractivity contribution in [3.8, 4) is 0 Å². The Morgan fingerprint density at radius 2 is 1.92 bits per heavy atom. The van der Waals surface area contributed by atoms with E-state index in [1.165, 1.54) is 5.38 Å². The molecule has 13 heavy (non-hydrogen) atoms. The zero-order chi connectivity index (χ0) is 10.3. The zero-order valence-corrected chi connectivity index (χ0v) is 7.96. The summed E-state index contributed by atoms with van der Waals surface area (Å²) in [5.41, 5.74) is 5.04. The first-order valence-electron chi connectivity index (χ1n) is 3.53. The summed E-state index contributed by atoms with van der Waals surface area (Å²) >= 11 is 0.567. The number of hydrogen-bond acceptors (Lipinski definition) is 3. The van der Waals surface area contributed by atoms with E-state index >= 15 is 0 Å². The molecule has 0 amide bonds. The number of alkyl halides is 3. The lowest BCUT2D eigenvalue weighted by atomic mass is 10.0. The summed E-state index contributed by atoms with van der Waals surface area (Å²) in [5.74, 6) is 0. The van der Waals surface area contributed by atoms with Crippen LogP contribution in [0.15, 0.2) is 5.38 Å². The van der Waals surface area contributed by atoms with Gasteiger partial charge in [-0.2, -0.15) is 13.2 Å². The van der Waals surface area contributed by atoms with Gasteiger partial charge < -0.3 is 5.73 Å². The van der Waals surface area contributed by atoms with Gasteiger partial charge in [0, 0.05) is 5.38 Å². The van der Waals surface area contributed by atoms with E-state index in [1.54, 1.807) is 13.8 Å². The largest absolute Gasteiger partial charge is 0.443 e. The van der Waals surface area contributed by atoms with Crippen molar-refractivity contribution >= 4 is 11.3 Å². The Kier molecular flexibility index (Phi) is 2.38. The van der Waals surface area contributed by atoms with Crippen molar-refractivity contribution < 1.29 is 13.2 Å². The van der Waals surface area contributed by atoms with Crippen molar-refractivity contribution in [2.45, 2.75) is 25.6 Å². The normalized spacial score (nSPS) is 13.4. The van der Waals surface area contributed by atoms with Crippen LogP contribution in [0.5, 0.6) is 0 Å². The Bertz CT molecular complexity index is 269. The predicted octanol–water partition coefficient (Wildman–Crippen LogP) is 2.36. The molecule has 6 heteroatoms. The summed E-state index contributed by atoms with van der Waals surface area (Å²) in [7, 11) is 0. The van der Waals surface area contributed by atoms with E-state index in [4.69, 9.17) is 5.73 Å². The molecule has 0 saturated carbocycles. The lowest BCUT2D eigenvalue weighted by Gasteiger charge is -2.14. The van der Waals surface area contributed by atoms with Gasteiger partial charge in [0.15, 0.2) is 5.01 Å². The smallest absolute Gasteiger partial charge is 0.321 e. The third kappa shape index (κ3) is 2.41. The van der Waals surface area contributed by atoms with Crippen LogP contribution in [0.4, 0.5) is 13.2 Å². The predicted molar refractivity (Wildman–Crippen MR) is 44.3 cm³/mol. The van der Waals surface area contributed by atoms with Crippen molar-refractivity contribution in [2.75, 3.05) is 0 Å². The molecule has 2 N–H and O–H groups in total. The van der Waals surface area contributed by atoms with Gasteiger partial charge in [0.25, 0.3) is 0 Å². The SMILES string of the molecule is CC(C)(N)c1csc(C(F)(F)F)n1. The number of halogens is 3. The molecule has 1 rings (SSSR count). The molecule has 0 aliphatic rings. The van der Waals surface area contributed by atoms with Crippen LogP contribution in [0.25, 0.3) is 0 Å². The first-order valence-corrected chi connectivity index (χ1v) is 4.41. The molecule has 0 aliphatic carbocycles. The van der Waals surface area contributed by atoms with Gasteiger partial charge in [-0.15, -0.1) is 11.3 Å². The Morgan fingerprint density at radius 3 is 2.15 bits per heavy atom. The van der Waals surface area contributed by atoms with Crippen LogP contribution in [0.1, 0.15) is 24.5 Å². The summed E-state index contributed by atoms with van der Waals surface area (Å²) in [6, 6.07) is 0. The number of hydrogen-bond donors (Lipinski definition) is 1. The van der Waals surface area contributed by atoms with Crippen LogP contribution >= 0.6 is 11.3 Å². The minimum atomic E-state index is -4.37. The fourth-order valence-corrected chi connectivity index (χ4v) is 1.56. The number of thiazole rings is 1. The van der Waals surface area contributed by atoms with Crippen molar-refractivity contribution in [1.82, 2.24) is 4.98 Å². The molecule has 74 valence electrons. The molecule has 0 atom stereocenters. The molecule has 1 aromatic rings. The molecule has 0 radical (unpaired) electrons. The summed E-state index contributed by atoms with van der Waals surface area (Å²) in [5, 5.41) is 0.490. The molecular weight excluding hydrogens is 201 g/mol. The number of rotatable bonds is 1. The molecule has 1 heterocycles. The highest BCUT2D eigenvalue weighted by molar-refractivity contribution is 7.09. The molecule has 0 unspecified atom stereocenters. The zero-order valence-electron chi connectivity index (χ0n) is 7.14. The average molecular weight is 210 g/mol. The summed E-state index contributed by atoms with van der Waals surface area (Å²) in [6.45, 7) is 3.23. The molecule has 0 aliphatic heterocycles. The first-order chi connectivity index (χ1) is 5.71. The molecule has 0 saturated heterocycles. The standard InChI is InChI=1S/C7H9F3N2S/c1-6(2,11)4-3-13-5(12-4)7(8,9)10/h3H,11H2,1-2H3. The monoisotopic (exact) mass is 210 g/mol. The second kappa shape index (κ2) is 2.95. The van der Waals surface area contributed by atoms with Gasteiger partial charge in [-0.05, 0) is 13.8 Å². The lowest BCUT2D eigenvalue weighted by Crippen LogP contribution is -2.29. The summed E-state index contributed by atoms with van der Waals surface area (Å²) < 4.78 is 36.3. The minimum absolute atomic E-state index is 0.268. The number of nitrogens with two attached hydrogens (primary N) is 1. The lowest BCUT2D eigenvalue weighted by molar-refractivity contribution is -0.137. The average Bonchev–Trinajstić information content (AvgIpc) is 2.28. The van der Waals surface area contributed by atoms with E-state index < -0.39 is 16.7 Å². The van der Waals surface area contributed by atoms with Gasteiger partial charge in [0.2, 0.25) is 0 Å². The highest BCUT2D eigenvalue weighted by atomic mass is 32.1. The van der Waals surface area contributed by atoms with Gasteiger partial charge in [-0.3, -0.25) is 0 Å². The van der Waals surface area contributed by atoms with Crippen molar-refractivity contribution in [3.63, 3.8) is 0 Å². The maximum absolute atomic E-state index is 12.1. The van der Waals surface area contributed by atoms with Crippen molar-refractivity contribution in [3.05, 3.63) is 16.1 Å². The third-order valence-electron chi connectivity index (χ3n) is 1.41. The molecule has 0 aromatic carbocycles. The molecule has 0 bridgehead atoms. The van der Waals surface area contributed by atoms with Crippen LogP contribution in [0.2, 0.25) is 0 Å². The minimum Gasteiger partial charge on any atom is -0.321 e. The molecule has 0 spiro atoms. The highest BCUT2D eigenvalue weighted by Gasteiger charge is 2.35. The van der Waals surface area contributed by atoms with Gasteiger partial charge in [0.1, 0.15) is 0 Å². The summed E-state index contributed by atoms with van der Waals surface area (Å²) in [6.07, 6.45) is -4.37. The van der Waals surface area contributed by atoms with E-state index in [2.05, 4.69) is 4.98 Å². The van der Waals surface area contributed by atoms with Crippen LogP contribution in [-0.4, -0.2) is 4.98 Å². The van der Waals surface area contributed by atoms with Crippen molar-refractivity contribution in [1.29, 1.82) is 0 Å². The van der Waals surface area contributed by atoms with Crippen LogP contribution in [-0.2, 0) is 11.7 Å². The third-order valence-corrected chi connectivity index (χ3v) is 2.29. The van der Waals surface area contributed by atoms with Crippen molar-refractivity contribution in [2.24, 2.45) is 5.73 Å². The van der Waals surface area contributed by atoms with E-state index in [1.807, 2.05) is 0 Å². The van der Waals surface area contributed by atoms with Crippen LogP contribution in [0, 0.1) is 0 Å². The quantitative estimate of drug-likeness (QED) is 0.772. The van der Waals surface area contributed by atoms with E-state index in [9.17, 15) is 13.2 Å². The Morgan fingerprint density at radius 1 is 1.38 bits per heavy atom. The molecule has 0 fully saturated rings.